The molecule has 33 heavy (non-hydrogen) atoms. The van der Waals surface area contributed by atoms with Gasteiger partial charge in [-0.25, -0.2) is 9.48 Å². The van der Waals surface area contributed by atoms with E-state index in [0.717, 1.165) is 16.3 Å². The van der Waals surface area contributed by atoms with Crippen molar-refractivity contribution in [2.24, 2.45) is 0 Å². The van der Waals surface area contributed by atoms with Gasteiger partial charge in [0.05, 0.1) is 18.8 Å². The summed E-state index contributed by atoms with van der Waals surface area (Å²) in [5.41, 5.74) is 2.04. The summed E-state index contributed by atoms with van der Waals surface area (Å²) in [5, 5.41) is 13.8. The van der Waals surface area contributed by atoms with Gasteiger partial charge in [-0.1, -0.05) is 12.1 Å². The number of methoxy groups -OCH3 is 1. The van der Waals surface area contributed by atoms with Crippen LogP contribution in [0.4, 0.5) is 4.79 Å². The molecule has 1 unspecified atom stereocenters. The number of urea groups is 1. The number of hydrogen-bond donors (Lipinski definition) is 1. The summed E-state index contributed by atoms with van der Waals surface area (Å²) in [6.07, 6.45) is 1.44. The van der Waals surface area contributed by atoms with Gasteiger partial charge in [-0.2, -0.15) is 0 Å². The molecule has 1 aromatic carbocycles. The number of tetrazole rings is 1. The van der Waals surface area contributed by atoms with Crippen molar-refractivity contribution in [1.82, 2.24) is 35.0 Å². The molecule has 2 aromatic heterocycles. The molecule has 0 radical (unpaired) electrons. The summed E-state index contributed by atoms with van der Waals surface area (Å²) >= 11 is 0. The number of ketones is 1. The highest BCUT2D eigenvalue weighted by atomic mass is 16.5. The van der Waals surface area contributed by atoms with Crippen molar-refractivity contribution in [2.45, 2.75) is 32.9 Å². The molecule has 172 valence electrons. The topological polar surface area (TPSA) is 124 Å². The highest BCUT2D eigenvalue weighted by Gasteiger charge is 2.49. The van der Waals surface area contributed by atoms with Crippen molar-refractivity contribution in [3.05, 3.63) is 59.2 Å². The Hall–Kier alpha value is -3.86. The van der Waals surface area contributed by atoms with Gasteiger partial charge >= 0.3 is 6.03 Å². The van der Waals surface area contributed by atoms with Crippen LogP contribution in [-0.4, -0.2) is 67.7 Å². The maximum atomic E-state index is 13.3. The Morgan fingerprint density at radius 3 is 2.70 bits per heavy atom. The van der Waals surface area contributed by atoms with E-state index >= 15 is 0 Å². The number of rotatable bonds is 8. The summed E-state index contributed by atoms with van der Waals surface area (Å²) in [7, 11) is 1.62. The molecule has 1 aliphatic heterocycles. The van der Waals surface area contributed by atoms with Crippen LogP contribution >= 0.6 is 0 Å². The fraction of sp³-hybridized carbons (Fsp3) is 0.364. The largest absolute Gasteiger partial charge is 0.383 e. The van der Waals surface area contributed by atoms with Crippen LogP contribution in [0.3, 0.4) is 0 Å². The second kappa shape index (κ2) is 8.58. The highest BCUT2D eigenvalue weighted by Crippen LogP contribution is 2.30. The normalized spacial score (nSPS) is 18.1. The van der Waals surface area contributed by atoms with Crippen LogP contribution in [-0.2, 0) is 21.6 Å². The summed E-state index contributed by atoms with van der Waals surface area (Å²) in [5.74, 6) is -0.801. The van der Waals surface area contributed by atoms with Gasteiger partial charge < -0.3 is 14.6 Å². The standard InChI is InChI=1S/C22H25N7O4/c1-14-10-18(15(2)27(14)8-9-33-4)19(30)12-28-20(31)22(3,24-21(28)32)16-6-5-7-17(11-16)29-13-23-25-26-29/h5-7,10-11,13H,8-9,12H2,1-4H3,(H,24,32). The molecule has 11 heteroatoms. The molecule has 4 rings (SSSR count). The van der Waals surface area contributed by atoms with E-state index in [2.05, 4.69) is 20.8 Å². The maximum Gasteiger partial charge on any atom is 0.325 e. The van der Waals surface area contributed by atoms with Gasteiger partial charge in [-0.15, -0.1) is 5.10 Å². The fourth-order valence-corrected chi connectivity index (χ4v) is 4.11. The van der Waals surface area contributed by atoms with Crippen molar-refractivity contribution in [3.63, 3.8) is 0 Å². The van der Waals surface area contributed by atoms with Gasteiger partial charge in [-0.3, -0.25) is 14.5 Å². The van der Waals surface area contributed by atoms with Crippen molar-refractivity contribution < 1.29 is 19.1 Å². The number of aryl methyl sites for hydroxylation is 1. The Morgan fingerprint density at radius 1 is 1.21 bits per heavy atom. The molecule has 0 aliphatic carbocycles. The number of amides is 3. The first kappa shape index (κ1) is 22.3. The predicted molar refractivity (Wildman–Crippen MR) is 117 cm³/mol. The lowest BCUT2D eigenvalue weighted by molar-refractivity contribution is -0.130. The predicted octanol–water partition coefficient (Wildman–Crippen LogP) is 1.38. The van der Waals surface area contributed by atoms with Crippen LogP contribution in [0.1, 0.15) is 34.2 Å². The summed E-state index contributed by atoms with van der Waals surface area (Å²) in [4.78, 5) is 40.1. The Bertz CT molecular complexity index is 1220. The number of nitrogens with one attached hydrogen (secondary N) is 1. The van der Waals surface area contributed by atoms with Crippen molar-refractivity contribution in [2.75, 3.05) is 20.3 Å². The first-order chi connectivity index (χ1) is 15.8. The molecular weight excluding hydrogens is 426 g/mol. The zero-order valence-electron chi connectivity index (χ0n) is 18.9. The molecule has 3 aromatic rings. The quantitative estimate of drug-likeness (QED) is 0.405. The molecular formula is C22H25N7O4. The monoisotopic (exact) mass is 451 g/mol. The number of Topliss-reactive ketones (excluding diaryl/α,β-unsaturated/α-hetero) is 1. The average molecular weight is 451 g/mol. The van der Waals surface area contributed by atoms with Gasteiger partial charge in [0.2, 0.25) is 0 Å². The van der Waals surface area contributed by atoms with E-state index < -0.39 is 17.5 Å². The highest BCUT2D eigenvalue weighted by molar-refractivity contribution is 6.11. The molecule has 3 heterocycles. The number of ether oxygens (including phenoxy) is 1. The first-order valence-electron chi connectivity index (χ1n) is 10.4. The number of carbonyl (C=O) groups is 3. The van der Waals surface area contributed by atoms with E-state index in [1.165, 1.54) is 11.0 Å². The molecule has 1 atom stereocenters. The van der Waals surface area contributed by atoms with Crippen LogP contribution in [0.15, 0.2) is 36.7 Å². The number of aromatic nitrogens is 5. The SMILES string of the molecule is COCCn1c(C)cc(C(=O)CN2C(=O)NC(C)(c3cccc(-n4cnnn4)c3)C2=O)c1C. The third-order valence-corrected chi connectivity index (χ3v) is 6.01. The van der Waals surface area contributed by atoms with Crippen molar-refractivity contribution >= 4 is 17.7 Å². The number of benzene rings is 1. The molecule has 1 aliphatic rings. The lowest BCUT2D eigenvalue weighted by Crippen LogP contribution is -2.41. The number of nitrogens with zero attached hydrogens (tertiary/aromatic N) is 6. The molecule has 1 saturated heterocycles. The third-order valence-electron chi connectivity index (χ3n) is 6.01. The Balaban J connectivity index is 1.57. The van der Waals surface area contributed by atoms with Gasteiger partial charge in [0.15, 0.2) is 5.78 Å². The van der Waals surface area contributed by atoms with E-state index in [9.17, 15) is 14.4 Å². The molecule has 1 N–H and O–H groups in total. The van der Waals surface area contributed by atoms with Gasteiger partial charge in [-0.05, 0) is 55.0 Å². The molecule has 1 fully saturated rings. The number of carbonyl (C=O) groups excluding carboxylic acids is 3. The Labute approximate surface area is 190 Å². The van der Waals surface area contributed by atoms with Crippen LogP contribution in [0, 0.1) is 13.8 Å². The fourth-order valence-electron chi connectivity index (χ4n) is 4.11. The van der Waals surface area contributed by atoms with Gasteiger partial charge in [0.25, 0.3) is 5.91 Å². The van der Waals surface area contributed by atoms with E-state index in [0.29, 0.717) is 30.0 Å². The second-order valence-electron chi connectivity index (χ2n) is 8.10. The Kier molecular flexibility index (Phi) is 5.81. The number of hydrogen-bond acceptors (Lipinski definition) is 7. The zero-order valence-corrected chi connectivity index (χ0v) is 18.9. The van der Waals surface area contributed by atoms with Crippen LogP contribution in [0.5, 0.6) is 0 Å². The van der Waals surface area contributed by atoms with Gasteiger partial charge in [0, 0.05) is 30.6 Å². The second-order valence-corrected chi connectivity index (χ2v) is 8.10. The molecule has 0 spiro atoms. The molecule has 0 bridgehead atoms. The summed E-state index contributed by atoms with van der Waals surface area (Å²) in [6, 6.07) is 8.16. The first-order valence-corrected chi connectivity index (χ1v) is 10.4. The Morgan fingerprint density at radius 2 is 2.00 bits per heavy atom. The minimum Gasteiger partial charge on any atom is -0.383 e. The minimum absolute atomic E-state index is 0.304. The molecule has 0 saturated carbocycles. The lowest BCUT2D eigenvalue weighted by Gasteiger charge is -2.22. The van der Waals surface area contributed by atoms with Crippen molar-refractivity contribution in [1.29, 1.82) is 0 Å². The van der Waals surface area contributed by atoms with Gasteiger partial charge in [0.1, 0.15) is 11.9 Å². The zero-order chi connectivity index (χ0) is 23.8. The van der Waals surface area contributed by atoms with E-state index in [1.807, 2.05) is 18.4 Å². The number of imide groups is 1. The van der Waals surface area contributed by atoms with Crippen LogP contribution < -0.4 is 5.32 Å². The lowest BCUT2D eigenvalue weighted by atomic mass is 9.91. The minimum atomic E-state index is -1.32. The van der Waals surface area contributed by atoms with E-state index in [-0.39, 0.29) is 12.3 Å². The van der Waals surface area contributed by atoms with Crippen molar-refractivity contribution in [3.8, 4) is 5.69 Å². The molecule has 3 amide bonds. The maximum absolute atomic E-state index is 13.3. The van der Waals surface area contributed by atoms with E-state index in [1.54, 1.807) is 44.4 Å². The third kappa shape index (κ3) is 3.91. The summed E-state index contributed by atoms with van der Waals surface area (Å²) in [6.45, 7) is 6.14. The van der Waals surface area contributed by atoms with Crippen LogP contribution in [0.2, 0.25) is 0 Å². The smallest absolute Gasteiger partial charge is 0.325 e. The summed E-state index contributed by atoms with van der Waals surface area (Å²) < 4.78 is 8.57. The average Bonchev–Trinajstić information content (AvgIpc) is 3.48. The van der Waals surface area contributed by atoms with E-state index in [4.69, 9.17) is 4.74 Å². The molecule has 11 nitrogen and oxygen atoms in total. The van der Waals surface area contributed by atoms with Crippen LogP contribution in [0.25, 0.3) is 5.69 Å².